The van der Waals surface area contributed by atoms with Gasteiger partial charge in [0.05, 0.1) is 18.8 Å². The van der Waals surface area contributed by atoms with Crippen molar-refractivity contribution in [2.75, 3.05) is 12.4 Å². The number of hydrogen-bond donors (Lipinski definition) is 2. The quantitative estimate of drug-likeness (QED) is 0.588. The van der Waals surface area contributed by atoms with Crippen LogP contribution in [0.1, 0.15) is 55.4 Å². The number of hydroxylamine groups is 1. The van der Waals surface area contributed by atoms with Gasteiger partial charge in [0.2, 0.25) is 5.91 Å². The van der Waals surface area contributed by atoms with E-state index >= 15 is 0 Å². The van der Waals surface area contributed by atoms with E-state index in [1.54, 1.807) is 0 Å². The van der Waals surface area contributed by atoms with Crippen molar-refractivity contribution in [3.63, 3.8) is 0 Å². The third-order valence-corrected chi connectivity index (χ3v) is 10.3. The minimum absolute atomic E-state index is 0.0274. The van der Waals surface area contributed by atoms with E-state index in [4.69, 9.17) is 9.57 Å². The van der Waals surface area contributed by atoms with Crippen LogP contribution in [0.3, 0.4) is 0 Å². The summed E-state index contributed by atoms with van der Waals surface area (Å²) >= 11 is 1.41. The highest BCUT2D eigenvalue weighted by molar-refractivity contribution is 7.92. The molecule has 7 nitrogen and oxygen atoms in total. The lowest BCUT2D eigenvalue weighted by molar-refractivity contribution is -0.200. The first-order valence-corrected chi connectivity index (χ1v) is 13.5. The minimum atomic E-state index is -3.53. The normalized spacial score (nSPS) is 25.3. The van der Waals surface area contributed by atoms with Crippen LogP contribution >= 0.6 is 11.3 Å². The summed E-state index contributed by atoms with van der Waals surface area (Å²) in [6.07, 6.45) is 3.75. The van der Waals surface area contributed by atoms with E-state index in [0.717, 1.165) is 35.3 Å². The van der Waals surface area contributed by atoms with Gasteiger partial charge in [-0.15, -0.1) is 11.3 Å². The lowest BCUT2D eigenvalue weighted by Crippen LogP contribution is -2.45. The molecule has 3 heterocycles. The average Bonchev–Trinajstić information content (AvgIpc) is 3.30. The predicted octanol–water partition coefficient (Wildman–Crippen LogP) is 3.67. The lowest BCUT2D eigenvalue weighted by atomic mass is 9.94. The number of aliphatic hydroxyl groups excluding tert-OH is 1. The van der Waals surface area contributed by atoms with Crippen LogP contribution in [0.2, 0.25) is 0 Å². The van der Waals surface area contributed by atoms with Gasteiger partial charge in [0.25, 0.3) is 0 Å². The van der Waals surface area contributed by atoms with Crippen LogP contribution in [0, 0.1) is 0 Å². The van der Waals surface area contributed by atoms with Crippen molar-refractivity contribution in [3.05, 3.63) is 46.8 Å². The fourth-order valence-electron chi connectivity index (χ4n) is 4.36. The summed E-state index contributed by atoms with van der Waals surface area (Å²) in [5, 5.41) is 9.26. The molecule has 1 unspecified atom stereocenters. The molecule has 9 heteroatoms. The number of carbonyl (C=O) groups is 1. The number of sulfone groups is 1. The van der Waals surface area contributed by atoms with Crippen molar-refractivity contribution in [2.45, 2.75) is 62.6 Å². The maximum atomic E-state index is 13.3. The Hall–Kier alpha value is -1.78. The molecular formula is C23H29NO6S2. The van der Waals surface area contributed by atoms with Crippen molar-refractivity contribution in [3.8, 4) is 10.4 Å². The second-order valence-electron chi connectivity index (χ2n) is 8.41. The largest absolute Gasteiger partial charge is 0.392 e. The topological polar surface area (TPSA) is 102 Å². The Kier molecular flexibility index (Phi) is 7.31. The molecule has 2 saturated heterocycles. The van der Waals surface area contributed by atoms with E-state index in [1.807, 2.05) is 36.4 Å². The summed E-state index contributed by atoms with van der Waals surface area (Å²) in [5.74, 6) is -0.377. The molecule has 2 fully saturated rings. The maximum absolute atomic E-state index is 13.3. The van der Waals surface area contributed by atoms with Crippen LogP contribution < -0.4 is 5.48 Å². The summed E-state index contributed by atoms with van der Waals surface area (Å²) in [6.45, 7) is 0.566. The number of carbonyl (C=O) groups excluding carboxylic acids is 1. The summed E-state index contributed by atoms with van der Waals surface area (Å²) in [4.78, 5) is 19.8. The van der Waals surface area contributed by atoms with Crippen LogP contribution in [0.5, 0.6) is 0 Å². The molecule has 2 atom stereocenters. The first-order chi connectivity index (χ1) is 15.4. The van der Waals surface area contributed by atoms with Gasteiger partial charge in [0.1, 0.15) is 4.75 Å². The summed E-state index contributed by atoms with van der Waals surface area (Å²) in [6, 6.07) is 11.3. The minimum Gasteiger partial charge on any atom is -0.392 e. The van der Waals surface area contributed by atoms with Gasteiger partial charge >= 0.3 is 0 Å². The molecule has 2 aromatic rings. The Morgan fingerprint density at radius 2 is 1.97 bits per heavy atom. The van der Waals surface area contributed by atoms with E-state index in [1.165, 1.54) is 11.3 Å². The van der Waals surface area contributed by atoms with E-state index in [9.17, 15) is 18.3 Å². The van der Waals surface area contributed by atoms with Gasteiger partial charge < -0.3 is 9.84 Å². The van der Waals surface area contributed by atoms with Crippen molar-refractivity contribution < 1.29 is 27.9 Å². The maximum Gasteiger partial charge on any atom is 0.245 e. The molecule has 1 aromatic carbocycles. The number of amides is 1. The van der Waals surface area contributed by atoms with Crippen molar-refractivity contribution in [2.24, 2.45) is 0 Å². The molecule has 0 saturated carbocycles. The molecule has 0 bridgehead atoms. The molecule has 0 radical (unpaired) electrons. The summed E-state index contributed by atoms with van der Waals surface area (Å²) in [7, 11) is -3.53. The molecule has 2 aliphatic rings. The van der Waals surface area contributed by atoms with Crippen LogP contribution in [-0.2, 0) is 35.6 Å². The Labute approximate surface area is 192 Å². The van der Waals surface area contributed by atoms with Gasteiger partial charge in [-0.1, -0.05) is 30.7 Å². The number of aliphatic hydroxyl groups is 1. The third kappa shape index (κ3) is 4.92. The van der Waals surface area contributed by atoms with Crippen LogP contribution in [0.25, 0.3) is 10.4 Å². The monoisotopic (exact) mass is 479 g/mol. The zero-order valence-electron chi connectivity index (χ0n) is 17.9. The number of benzene rings is 1. The number of rotatable bonds is 7. The Morgan fingerprint density at radius 3 is 2.66 bits per heavy atom. The van der Waals surface area contributed by atoms with Gasteiger partial charge in [-0.05, 0) is 48.9 Å². The van der Waals surface area contributed by atoms with E-state index in [2.05, 4.69) is 5.48 Å². The number of ether oxygens (including phenoxy) is 1. The molecule has 1 amide bonds. The van der Waals surface area contributed by atoms with Crippen molar-refractivity contribution in [1.82, 2.24) is 5.48 Å². The second-order valence-corrected chi connectivity index (χ2v) is 11.9. The zero-order valence-corrected chi connectivity index (χ0v) is 19.6. The Balaban J connectivity index is 1.56. The summed E-state index contributed by atoms with van der Waals surface area (Å²) in [5.41, 5.74) is 4.20. The highest BCUT2D eigenvalue weighted by atomic mass is 32.2. The molecule has 32 heavy (non-hydrogen) atoms. The van der Waals surface area contributed by atoms with E-state index < -0.39 is 26.8 Å². The second kappa shape index (κ2) is 10.0. The van der Waals surface area contributed by atoms with Crippen LogP contribution in [0.4, 0.5) is 0 Å². The zero-order chi connectivity index (χ0) is 22.6. The van der Waals surface area contributed by atoms with E-state index in [-0.39, 0.29) is 18.8 Å². The van der Waals surface area contributed by atoms with Gasteiger partial charge in [-0.2, -0.15) is 0 Å². The number of hydrogen-bond acceptors (Lipinski definition) is 7. The molecule has 4 rings (SSSR count). The Morgan fingerprint density at radius 1 is 1.16 bits per heavy atom. The Bertz CT molecular complexity index is 1030. The highest BCUT2D eigenvalue weighted by Gasteiger charge is 2.49. The molecule has 0 spiro atoms. The van der Waals surface area contributed by atoms with Crippen LogP contribution in [-0.4, -0.2) is 38.1 Å². The standard InChI is InChI=1S/C23H29NO6S2/c25-16-17-6-8-18(9-7-17)19-10-11-20(31-19)23(12-2-4-14-32(23,27)28)15-21(26)24-30-22-5-1-3-13-29-22/h6-11,22,25H,1-5,12-16H2,(H,24,26)/t22?,23-/m0/s1. The van der Waals surface area contributed by atoms with Gasteiger partial charge in [0.15, 0.2) is 16.1 Å². The van der Waals surface area contributed by atoms with Crippen LogP contribution in [0.15, 0.2) is 36.4 Å². The average molecular weight is 480 g/mol. The van der Waals surface area contributed by atoms with E-state index in [0.29, 0.717) is 30.7 Å². The fourth-order valence-corrected chi connectivity index (χ4v) is 8.14. The predicted molar refractivity (Wildman–Crippen MR) is 122 cm³/mol. The molecule has 2 aliphatic heterocycles. The van der Waals surface area contributed by atoms with Gasteiger partial charge in [-0.25, -0.2) is 18.7 Å². The first kappa shape index (κ1) is 23.4. The number of nitrogens with one attached hydrogen (secondary N) is 1. The number of thiophene rings is 1. The summed E-state index contributed by atoms with van der Waals surface area (Å²) < 4.78 is 30.8. The third-order valence-electron chi connectivity index (χ3n) is 6.20. The first-order valence-electron chi connectivity index (χ1n) is 11.0. The SMILES string of the molecule is O=C(C[C@]1(c2ccc(-c3ccc(CO)cc3)s2)CCCCS1(=O)=O)NOC1CCCCO1. The molecular weight excluding hydrogens is 450 g/mol. The van der Waals surface area contributed by atoms with Crippen molar-refractivity contribution >= 4 is 27.1 Å². The molecule has 2 N–H and O–H groups in total. The molecule has 0 aliphatic carbocycles. The lowest BCUT2D eigenvalue weighted by Gasteiger charge is -2.35. The smallest absolute Gasteiger partial charge is 0.245 e. The van der Waals surface area contributed by atoms with Gasteiger partial charge in [-0.3, -0.25) is 4.79 Å². The fraction of sp³-hybridized carbons (Fsp3) is 0.522. The van der Waals surface area contributed by atoms with Crippen molar-refractivity contribution in [1.29, 1.82) is 0 Å². The molecule has 174 valence electrons. The molecule has 1 aromatic heterocycles. The highest BCUT2D eigenvalue weighted by Crippen LogP contribution is 2.47. The van der Waals surface area contributed by atoms with Gasteiger partial charge in [0, 0.05) is 22.8 Å².